The summed E-state index contributed by atoms with van der Waals surface area (Å²) in [5.74, 6) is -0.629. The van der Waals surface area contributed by atoms with Crippen LogP contribution < -0.4 is 9.47 Å². The van der Waals surface area contributed by atoms with Crippen LogP contribution in [0.15, 0.2) is 72.9 Å². The molecule has 1 heterocycles. The van der Waals surface area contributed by atoms with E-state index in [0.717, 1.165) is 17.7 Å². The zero-order valence-corrected chi connectivity index (χ0v) is 20.8. The smallest absolute Gasteiger partial charge is 0.416 e. The van der Waals surface area contributed by atoms with E-state index in [1.54, 1.807) is 35.0 Å². The summed E-state index contributed by atoms with van der Waals surface area (Å²) in [7, 11) is 0. The molecule has 3 aromatic carbocycles. The van der Waals surface area contributed by atoms with Crippen LogP contribution in [0.3, 0.4) is 0 Å². The first kappa shape index (κ1) is 27.4. The normalized spacial score (nSPS) is 11.4. The molecule has 0 atom stereocenters. The lowest BCUT2D eigenvalue weighted by atomic mass is 10.0. The van der Waals surface area contributed by atoms with E-state index >= 15 is 0 Å². The number of hydrogen-bond donors (Lipinski definition) is 1. The van der Waals surface area contributed by atoms with E-state index in [1.165, 1.54) is 12.1 Å². The maximum Gasteiger partial charge on any atom is 0.416 e. The first-order valence-corrected chi connectivity index (χ1v) is 11.9. The molecule has 0 unspecified atom stereocenters. The van der Waals surface area contributed by atoms with Crippen molar-refractivity contribution < 1.29 is 42.1 Å². The van der Waals surface area contributed by atoms with Gasteiger partial charge in [-0.25, -0.2) is 0 Å². The molecule has 0 bridgehead atoms. The van der Waals surface area contributed by atoms with Crippen molar-refractivity contribution in [3.63, 3.8) is 0 Å². The summed E-state index contributed by atoms with van der Waals surface area (Å²) >= 11 is 0. The second-order valence-electron chi connectivity index (χ2n) is 8.93. The first-order valence-electron chi connectivity index (χ1n) is 11.9. The third kappa shape index (κ3) is 7.04. The Bertz CT molecular complexity index is 1510. The molecule has 0 aliphatic rings. The van der Waals surface area contributed by atoms with Crippen molar-refractivity contribution in [3.05, 3.63) is 89.6 Å². The lowest BCUT2D eigenvalue weighted by Crippen LogP contribution is -2.17. The average molecular weight is 540 g/mol. The summed E-state index contributed by atoms with van der Waals surface area (Å²) in [6, 6.07) is 16.1. The molecule has 0 spiro atoms. The summed E-state index contributed by atoms with van der Waals surface area (Å²) in [6.45, 7) is 1.58. The van der Waals surface area contributed by atoms with Crippen LogP contribution in [0.5, 0.6) is 17.2 Å². The Hall–Kier alpha value is -4.60. The number of alkyl halides is 3. The molecule has 0 saturated heterocycles. The topological polar surface area (TPSA) is 94.8 Å². The highest BCUT2D eigenvalue weighted by atomic mass is 19.4. The van der Waals surface area contributed by atoms with Crippen LogP contribution in [0.1, 0.15) is 34.3 Å². The number of carbonyl (C=O) groups excluding carboxylic acids is 2. The van der Waals surface area contributed by atoms with Crippen LogP contribution in [0, 0.1) is 6.92 Å². The molecule has 0 radical (unpaired) electrons. The molecule has 1 N–H and O–H groups in total. The number of aromatic nitrogens is 1. The molecule has 4 aromatic rings. The predicted octanol–water partition coefficient (Wildman–Crippen LogP) is 6.46. The van der Waals surface area contributed by atoms with Crippen LogP contribution in [0.4, 0.5) is 13.2 Å². The van der Waals surface area contributed by atoms with Crippen molar-refractivity contribution in [2.45, 2.75) is 32.5 Å². The lowest BCUT2D eigenvalue weighted by molar-refractivity contribution is -0.138. The van der Waals surface area contributed by atoms with E-state index in [1.807, 2.05) is 25.1 Å². The number of Topliss-reactive ketones (excluding diaryl/α,β-unsaturated/α-hetero) is 2. The van der Waals surface area contributed by atoms with Gasteiger partial charge in [0.1, 0.15) is 23.9 Å². The number of carboxylic acids is 1. The number of rotatable bonds is 11. The van der Waals surface area contributed by atoms with Gasteiger partial charge in [-0.15, -0.1) is 0 Å². The highest BCUT2D eigenvalue weighted by molar-refractivity contribution is 6.09. The number of aliphatic carboxylic acids is 1. The minimum absolute atomic E-state index is 0.0547. The first-order chi connectivity index (χ1) is 18.5. The molecule has 4 rings (SSSR count). The van der Waals surface area contributed by atoms with Gasteiger partial charge < -0.3 is 19.1 Å². The van der Waals surface area contributed by atoms with Crippen molar-refractivity contribution in [2.24, 2.45) is 0 Å². The third-order valence-corrected chi connectivity index (χ3v) is 5.89. The molecular weight excluding hydrogens is 515 g/mol. The predicted molar refractivity (Wildman–Crippen MR) is 136 cm³/mol. The van der Waals surface area contributed by atoms with Gasteiger partial charge in [-0.05, 0) is 67.6 Å². The van der Waals surface area contributed by atoms with E-state index in [-0.39, 0.29) is 43.3 Å². The van der Waals surface area contributed by atoms with Crippen molar-refractivity contribution in [1.82, 2.24) is 4.57 Å². The number of nitrogens with zero attached hydrogens (tertiary/aromatic N) is 1. The number of fused-ring (bicyclic) bond motifs is 1. The number of aryl methyl sites for hydroxylation is 1. The summed E-state index contributed by atoms with van der Waals surface area (Å²) in [5, 5.41) is 9.56. The quantitative estimate of drug-likeness (QED) is 0.220. The standard InChI is InChI=1S/C29H24F3NO6/c1-18-2-11-26-24(14-18)25(27(35)12-13-28(36)37)16-33(26)15-20(34)17-38-21-7-9-23(10-8-21)39-22-5-3-19(4-6-22)29(30,31)32/h2-11,14,16H,12-13,15,17H2,1H3,(H,36,37). The lowest BCUT2D eigenvalue weighted by Gasteiger charge is -2.10. The van der Waals surface area contributed by atoms with Crippen molar-refractivity contribution in [1.29, 1.82) is 0 Å². The number of carbonyl (C=O) groups is 3. The molecule has 0 fully saturated rings. The molecule has 1 aromatic heterocycles. The zero-order valence-electron chi connectivity index (χ0n) is 20.8. The molecule has 7 nitrogen and oxygen atoms in total. The second kappa shape index (κ2) is 11.4. The van der Waals surface area contributed by atoms with Gasteiger partial charge >= 0.3 is 12.1 Å². The number of benzene rings is 3. The largest absolute Gasteiger partial charge is 0.486 e. The zero-order chi connectivity index (χ0) is 28.2. The summed E-state index contributed by atoms with van der Waals surface area (Å²) in [5.41, 5.74) is 1.20. The van der Waals surface area contributed by atoms with Gasteiger partial charge in [-0.2, -0.15) is 13.2 Å². The van der Waals surface area contributed by atoms with Gasteiger partial charge in [-0.1, -0.05) is 11.6 Å². The van der Waals surface area contributed by atoms with Crippen LogP contribution in [-0.2, 0) is 22.3 Å². The van der Waals surface area contributed by atoms with Crippen molar-refractivity contribution in [3.8, 4) is 17.2 Å². The van der Waals surface area contributed by atoms with E-state index in [2.05, 4.69) is 0 Å². The number of ketones is 2. The van der Waals surface area contributed by atoms with E-state index in [9.17, 15) is 27.6 Å². The molecule has 0 amide bonds. The summed E-state index contributed by atoms with van der Waals surface area (Å²) in [4.78, 5) is 36.2. The molecular formula is C29H24F3NO6. The molecule has 0 saturated carbocycles. The Morgan fingerprint density at radius 3 is 2.10 bits per heavy atom. The summed E-state index contributed by atoms with van der Waals surface area (Å²) < 4.78 is 50.9. The van der Waals surface area contributed by atoms with Gasteiger partial charge in [0.2, 0.25) is 0 Å². The van der Waals surface area contributed by atoms with Gasteiger partial charge in [0.25, 0.3) is 0 Å². The Morgan fingerprint density at radius 1 is 0.872 bits per heavy atom. The second-order valence-corrected chi connectivity index (χ2v) is 8.93. The number of ether oxygens (including phenoxy) is 2. The molecule has 39 heavy (non-hydrogen) atoms. The minimum atomic E-state index is -4.43. The number of halogens is 3. The molecule has 0 aliphatic heterocycles. The van der Waals surface area contributed by atoms with Crippen LogP contribution in [-0.4, -0.2) is 33.8 Å². The Kier molecular flexibility index (Phi) is 8.04. The van der Waals surface area contributed by atoms with E-state index in [4.69, 9.17) is 14.6 Å². The summed E-state index contributed by atoms with van der Waals surface area (Å²) in [6.07, 6.45) is -3.28. The van der Waals surface area contributed by atoms with Crippen LogP contribution >= 0.6 is 0 Å². The monoisotopic (exact) mass is 539 g/mol. The van der Waals surface area contributed by atoms with Gasteiger partial charge in [0.15, 0.2) is 11.6 Å². The molecule has 202 valence electrons. The van der Waals surface area contributed by atoms with Crippen LogP contribution in [0.2, 0.25) is 0 Å². The van der Waals surface area contributed by atoms with Crippen molar-refractivity contribution in [2.75, 3.05) is 6.61 Å². The number of hydrogen-bond acceptors (Lipinski definition) is 5. The fraction of sp³-hybridized carbons (Fsp3) is 0.207. The Morgan fingerprint density at radius 2 is 1.49 bits per heavy atom. The fourth-order valence-electron chi connectivity index (χ4n) is 3.97. The highest BCUT2D eigenvalue weighted by Gasteiger charge is 2.30. The number of carboxylic acid groups (broad SMARTS) is 1. The third-order valence-electron chi connectivity index (χ3n) is 5.89. The maximum absolute atomic E-state index is 12.7. The minimum Gasteiger partial charge on any atom is -0.486 e. The van der Waals surface area contributed by atoms with E-state index < -0.39 is 17.7 Å². The fourth-order valence-corrected chi connectivity index (χ4v) is 3.97. The van der Waals surface area contributed by atoms with Gasteiger partial charge in [0.05, 0.1) is 18.5 Å². The van der Waals surface area contributed by atoms with E-state index in [0.29, 0.717) is 28.0 Å². The van der Waals surface area contributed by atoms with Crippen molar-refractivity contribution >= 4 is 28.4 Å². The average Bonchev–Trinajstić information content (AvgIpc) is 3.23. The highest BCUT2D eigenvalue weighted by Crippen LogP contribution is 2.32. The SMILES string of the molecule is Cc1ccc2c(c1)c(C(=O)CCC(=O)O)cn2CC(=O)COc1ccc(Oc2ccc(C(F)(F)F)cc2)cc1. The Balaban J connectivity index is 1.37. The molecule has 0 aliphatic carbocycles. The van der Waals surface area contributed by atoms with Gasteiger partial charge in [-0.3, -0.25) is 14.4 Å². The Labute approximate surface area is 221 Å². The maximum atomic E-state index is 12.7. The molecule has 10 heteroatoms. The van der Waals surface area contributed by atoms with Gasteiger partial charge in [0, 0.05) is 29.1 Å². The van der Waals surface area contributed by atoms with Crippen LogP contribution in [0.25, 0.3) is 10.9 Å².